The highest BCUT2D eigenvalue weighted by molar-refractivity contribution is 7.07. The number of aromatic nitrogens is 3. The van der Waals surface area contributed by atoms with Gasteiger partial charge in [-0.15, -0.1) is 11.3 Å². The van der Waals surface area contributed by atoms with E-state index < -0.39 is 0 Å². The first-order valence-electron chi connectivity index (χ1n) is 7.65. The smallest absolute Gasteiger partial charge is 0.229 e. The molecule has 1 aliphatic heterocycles. The second-order valence-corrected chi connectivity index (χ2v) is 6.59. The quantitative estimate of drug-likeness (QED) is 0.847. The van der Waals surface area contributed by atoms with Gasteiger partial charge in [0, 0.05) is 24.3 Å². The average Bonchev–Trinajstić information content (AvgIpc) is 3.23. The van der Waals surface area contributed by atoms with Crippen molar-refractivity contribution < 1.29 is 9.32 Å². The molecule has 1 amide bonds. The second-order valence-electron chi connectivity index (χ2n) is 5.87. The van der Waals surface area contributed by atoms with E-state index in [2.05, 4.69) is 15.1 Å². The zero-order valence-corrected chi connectivity index (χ0v) is 13.7. The molecule has 0 saturated carbocycles. The third kappa shape index (κ3) is 3.19. The van der Waals surface area contributed by atoms with Gasteiger partial charge in [0.2, 0.25) is 11.8 Å². The molecule has 0 radical (unpaired) electrons. The number of rotatable bonds is 5. The van der Waals surface area contributed by atoms with Crippen LogP contribution < -0.4 is 0 Å². The molecule has 118 valence electrons. The normalized spacial score (nSPS) is 18.3. The first-order chi connectivity index (χ1) is 10.6. The van der Waals surface area contributed by atoms with Gasteiger partial charge < -0.3 is 9.42 Å². The molecular formula is C15H20N4O2S. The molecule has 1 aliphatic rings. The van der Waals surface area contributed by atoms with Gasteiger partial charge in [-0.05, 0) is 19.3 Å². The van der Waals surface area contributed by atoms with Gasteiger partial charge in [-0.1, -0.05) is 19.0 Å². The number of likely N-dealkylation sites (tertiary alicyclic amines) is 1. The summed E-state index contributed by atoms with van der Waals surface area (Å²) in [6, 6.07) is -0.0424. The Kier molecular flexibility index (Phi) is 4.52. The van der Waals surface area contributed by atoms with Crippen LogP contribution in [0.2, 0.25) is 0 Å². The third-order valence-corrected chi connectivity index (χ3v) is 4.54. The number of carbonyl (C=O) groups is 1. The molecule has 0 bridgehead atoms. The number of nitrogens with zero attached hydrogens (tertiary/aromatic N) is 4. The summed E-state index contributed by atoms with van der Waals surface area (Å²) in [7, 11) is 0. The molecule has 3 heterocycles. The van der Waals surface area contributed by atoms with Crippen LogP contribution in [0.3, 0.4) is 0 Å². The third-order valence-electron chi connectivity index (χ3n) is 3.90. The van der Waals surface area contributed by atoms with Crippen molar-refractivity contribution in [2.45, 2.75) is 51.5 Å². The molecule has 2 aromatic rings. The van der Waals surface area contributed by atoms with Crippen LogP contribution in [0.1, 0.15) is 62.5 Å². The molecule has 0 aliphatic carbocycles. The fourth-order valence-corrected chi connectivity index (χ4v) is 3.28. The van der Waals surface area contributed by atoms with Crippen LogP contribution in [-0.4, -0.2) is 32.5 Å². The first-order valence-corrected chi connectivity index (χ1v) is 8.59. The summed E-state index contributed by atoms with van der Waals surface area (Å²) >= 11 is 1.56. The summed E-state index contributed by atoms with van der Waals surface area (Å²) < 4.78 is 5.28. The van der Waals surface area contributed by atoms with Gasteiger partial charge in [-0.3, -0.25) is 4.79 Å². The highest BCUT2D eigenvalue weighted by Gasteiger charge is 2.33. The molecule has 22 heavy (non-hydrogen) atoms. The lowest BCUT2D eigenvalue weighted by molar-refractivity contribution is -0.132. The molecule has 1 saturated heterocycles. The maximum absolute atomic E-state index is 12.5. The minimum Gasteiger partial charge on any atom is -0.339 e. The van der Waals surface area contributed by atoms with Gasteiger partial charge in [0.1, 0.15) is 0 Å². The van der Waals surface area contributed by atoms with E-state index in [4.69, 9.17) is 4.52 Å². The monoisotopic (exact) mass is 320 g/mol. The van der Waals surface area contributed by atoms with Crippen LogP contribution in [0.15, 0.2) is 15.4 Å². The number of hydrogen-bond donors (Lipinski definition) is 0. The Morgan fingerprint density at radius 3 is 3.09 bits per heavy atom. The van der Waals surface area contributed by atoms with E-state index in [1.165, 1.54) is 0 Å². The van der Waals surface area contributed by atoms with Crippen molar-refractivity contribution in [3.8, 4) is 0 Å². The molecule has 0 spiro atoms. The Morgan fingerprint density at radius 1 is 1.55 bits per heavy atom. The maximum atomic E-state index is 12.5. The second kappa shape index (κ2) is 6.56. The highest BCUT2D eigenvalue weighted by Crippen LogP contribution is 2.31. The summed E-state index contributed by atoms with van der Waals surface area (Å²) in [6.45, 7) is 4.80. The van der Waals surface area contributed by atoms with Crippen LogP contribution in [0, 0.1) is 0 Å². The van der Waals surface area contributed by atoms with Crippen molar-refractivity contribution in [2.24, 2.45) is 0 Å². The Bertz CT molecular complexity index is 623. The van der Waals surface area contributed by atoms with E-state index >= 15 is 0 Å². The highest BCUT2D eigenvalue weighted by atomic mass is 32.1. The number of hydrogen-bond acceptors (Lipinski definition) is 6. The van der Waals surface area contributed by atoms with Crippen LogP contribution in [-0.2, 0) is 11.2 Å². The summed E-state index contributed by atoms with van der Waals surface area (Å²) in [5.41, 5.74) is 2.78. The lowest BCUT2D eigenvalue weighted by Gasteiger charge is -2.22. The van der Waals surface area contributed by atoms with Gasteiger partial charge in [-0.25, -0.2) is 4.98 Å². The fourth-order valence-electron chi connectivity index (χ4n) is 2.69. The van der Waals surface area contributed by atoms with Gasteiger partial charge in [0.05, 0.1) is 17.2 Å². The minimum atomic E-state index is -0.0424. The molecule has 6 nitrogen and oxygen atoms in total. The average molecular weight is 320 g/mol. The van der Waals surface area contributed by atoms with Gasteiger partial charge >= 0.3 is 0 Å². The zero-order valence-electron chi connectivity index (χ0n) is 12.9. The Morgan fingerprint density at radius 2 is 2.41 bits per heavy atom. The van der Waals surface area contributed by atoms with Crippen LogP contribution >= 0.6 is 11.3 Å². The van der Waals surface area contributed by atoms with E-state index in [0.717, 1.165) is 25.1 Å². The first kappa shape index (κ1) is 15.1. The molecule has 0 aromatic carbocycles. The number of aryl methyl sites for hydroxylation is 1. The van der Waals surface area contributed by atoms with E-state index in [1.54, 1.807) is 16.8 Å². The Hall–Kier alpha value is -1.76. The van der Waals surface area contributed by atoms with Crippen molar-refractivity contribution >= 4 is 17.2 Å². The van der Waals surface area contributed by atoms with Gasteiger partial charge in [-0.2, -0.15) is 4.98 Å². The van der Waals surface area contributed by atoms with Crippen molar-refractivity contribution in [2.75, 3.05) is 6.54 Å². The standard InChI is InChI=1S/C15H20N4O2S/c1-10(2)15-17-14(18-21-15)12-4-3-7-19(12)13(20)6-5-11-8-22-9-16-11/h8-10,12H,3-7H2,1-2H3/t12-/m0/s1. The molecule has 2 aromatic heterocycles. The van der Waals surface area contributed by atoms with E-state index in [-0.39, 0.29) is 17.9 Å². The van der Waals surface area contributed by atoms with Gasteiger partial charge in [0.25, 0.3) is 0 Å². The number of thiazole rings is 1. The lowest BCUT2D eigenvalue weighted by atomic mass is 10.2. The van der Waals surface area contributed by atoms with Crippen molar-refractivity contribution in [1.29, 1.82) is 0 Å². The van der Waals surface area contributed by atoms with Crippen molar-refractivity contribution in [1.82, 2.24) is 20.0 Å². The lowest BCUT2D eigenvalue weighted by Crippen LogP contribution is -2.31. The Balaban J connectivity index is 1.65. The van der Waals surface area contributed by atoms with Crippen molar-refractivity contribution in [3.05, 3.63) is 28.3 Å². The van der Waals surface area contributed by atoms with E-state index in [9.17, 15) is 4.79 Å². The number of amides is 1. The predicted molar refractivity (Wildman–Crippen MR) is 82.5 cm³/mol. The molecule has 7 heteroatoms. The number of carbonyl (C=O) groups excluding carboxylic acids is 1. The largest absolute Gasteiger partial charge is 0.339 e. The summed E-state index contributed by atoms with van der Waals surface area (Å²) in [5, 5.41) is 6.06. The summed E-state index contributed by atoms with van der Waals surface area (Å²) in [5.74, 6) is 1.63. The zero-order chi connectivity index (χ0) is 15.5. The minimum absolute atomic E-state index is 0.0424. The molecular weight excluding hydrogens is 300 g/mol. The molecule has 3 rings (SSSR count). The summed E-state index contributed by atoms with van der Waals surface area (Å²) in [4.78, 5) is 23.0. The van der Waals surface area contributed by atoms with Crippen LogP contribution in [0.4, 0.5) is 0 Å². The topological polar surface area (TPSA) is 72.1 Å². The van der Waals surface area contributed by atoms with Crippen molar-refractivity contribution in [3.63, 3.8) is 0 Å². The predicted octanol–water partition coefficient (Wildman–Crippen LogP) is 2.95. The molecule has 1 atom stereocenters. The van der Waals surface area contributed by atoms with E-state index in [0.29, 0.717) is 24.6 Å². The fraction of sp³-hybridized carbons (Fsp3) is 0.600. The Labute approximate surface area is 133 Å². The SMILES string of the molecule is CC(C)c1nc([C@@H]2CCCN2C(=O)CCc2cscn2)no1. The summed E-state index contributed by atoms with van der Waals surface area (Å²) in [6.07, 6.45) is 3.06. The van der Waals surface area contributed by atoms with Crippen LogP contribution in [0.25, 0.3) is 0 Å². The van der Waals surface area contributed by atoms with Crippen LogP contribution in [0.5, 0.6) is 0 Å². The van der Waals surface area contributed by atoms with E-state index in [1.807, 2.05) is 24.1 Å². The molecule has 1 fully saturated rings. The molecule has 0 N–H and O–H groups in total. The maximum Gasteiger partial charge on any atom is 0.229 e. The molecule has 0 unspecified atom stereocenters. The van der Waals surface area contributed by atoms with Gasteiger partial charge in [0.15, 0.2) is 5.82 Å².